The van der Waals surface area contributed by atoms with E-state index in [1.807, 2.05) is 0 Å². The minimum atomic E-state index is 0.218. The van der Waals surface area contributed by atoms with E-state index in [0.29, 0.717) is 0 Å². The molecule has 0 saturated carbocycles. The highest BCUT2D eigenvalue weighted by atomic mass is 79.9. The molecule has 102 valence electrons. The fourth-order valence-corrected chi connectivity index (χ4v) is 3.90. The Hall–Kier alpha value is -0.350. The molecule has 2 rings (SSSR count). The van der Waals surface area contributed by atoms with E-state index in [1.165, 1.54) is 16.0 Å². The monoisotopic (exact) mass is 357 g/mol. The Labute approximate surface area is 132 Å². The number of nitrogens with one attached hydrogen (secondary N) is 1. The molecule has 1 unspecified atom stereocenters. The van der Waals surface area contributed by atoms with Crippen LogP contribution < -0.4 is 5.32 Å². The van der Waals surface area contributed by atoms with Crippen LogP contribution in [0.3, 0.4) is 0 Å². The van der Waals surface area contributed by atoms with E-state index in [1.54, 1.807) is 11.3 Å². The molecule has 1 aromatic heterocycles. The van der Waals surface area contributed by atoms with Crippen LogP contribution in [0.1, 0.15) is 35.4 Å². The zero-order valence-electron chi connectivity index (χ0n) is 11.0. The molecule has 0 bridgehead atoms. The van der Waals surface area contributed by atoms with Crippen LogP contribution in [0.4, 0.5) is 0 Å². The number of benzene rings is 1. The predicted molar refractivity (Wildman–Crippen MR) is 88.3 cm³/mol. The lowest BCUT2D eigenvalue weighted by Gasteiger charge is -2.19. The van der Waals surface area contributed by atoms with E-state index in [4.69, 9.17) is 11.6 Å². The van der Waals surface area contributed by atoms with Gasteiger partial charge < -0.3 is 5.32 Å². The van der Waals surface area contributed by atoms with Gasteiger partial charge in [0.15, 0.2) is 0 Å². The maximum atomic E-state index is 6.18. The number of hydrogen-bond donors (Lipinski definition) is 1. The van der Waals surface area contributed by atoms with Crippen molar-refractivity contribution in [1.29, 1.82) is 0 Å². The van der Waals surface area contributed by atoms with Crippen molar-refractivity contribution < 1.29 is 0 Å². The quantitative estimate of drug-likeness (QED) is 0.737. The Morgan fingerprint density at radius 1 is 1.37 bits per heavy atom. The topological polar surface area (TPSA) is 12.0 Å². The highest BCUT2D eigenvalue weighted by molar-refractivity contribution is 9.10. The molecule has 0 spiro atoms. The van der Waals surface area contributed by atoms with E-state index >= 15 is 0 Å². The Morgan fingerprint density at radius 2 is 2.11 bits per heavy atom. The zero-order chi connectivity index (χ0) is 13.8. The Kier molecular flexibility index (Phi) is 5.46. The summed E-state index contributed by atoms with van der Waals surface area (Å²) in [5.74, 6) is 0. The molecule has 0 saturated heterocycles. The molecule has 19 heavy (non-hydrogen) atoms. The molecule has 0 aliphatic heterocycles. The zero-order valence-corrected chi connectivity index (χ0v) is 14.2. The fourth-order valence-electron chi connectivity index (χ4n) is 2.07. The molecule has 1 atom stereocenters. The summed E-state index contributed by atoms with van der Waals surface area (Å²) in [5.41, 5.74) is 2.62. The summed E-state index contributed by atoms with van der Waals surface area (Å²) in [6.45, 7) is 5.32. The van der Waals surface area contributed by atoms with Crippen molar-refractivity contribution in [3.05, 3.63) is 55.1 Å². The third kappa shape index (κ3) is 3.60. The summed E-state index contributed by atoms with van der Waals surface area (Å²) in [5, 5.41) is 3.61. The van der Waals surface area contributed by atoms with Gasteiger partial charge in [-0.25, -0.2) is 0 Å². The lowest BCUT2D eigenvalue weighted by Crippen LogP contribution is -2.23. The molecule has 0 aliphatic rings. The van der Waals surface area contributed by atoms with E-state index in [0.717, 1.165) is 21.8 Å². The first-order valence-corrected chi connectivity index (χ1v) is 8.36. The lowest BCUT2D eigenvalue weighted by molar-refractivity contribution is 0.603. The normalized spacial score (nSPS) is 12.6. The van der Waals surface area contributed by atoms with Gasteiger partial charge in [-0.3, -0.25) is 0 Å². The van der Waals surface area contributed by atoms with Crippen LogP contribution in [0, 0.1) is 6.92 Å². The van der Waals surface area contributed by atoms with Gasteiger partial charge in [-0.2, -0.15) is 0 Å². The van der Waals surface area contributed by atoms with Crippen LogP contribution in [0.15, 0.2) is 34.8 Å². The number of rotatable bonds is 5. The van der Waals surface area contributed by atoms with Crippen LogP contribution in [-0.2, 0) is 0 Å². The van der Waals surface area contributed by atoms with Crippen molar-refractivity contribution in [3.63, 3.8) is 0 Å². The second-order valence-corrected chi connectivity index (χ2v) is 7.05. The predicted octanol–water partition coefficient (Wildman–Crippen LogP) is 5.56. The maximum Gasteiger partial charge on any atom is 0.107 e. The van der Waals surface area contributed by atoms with Gasteiger partial charge in [0, 0.05) is 9.35 Å². The summed E-state index contributed by atoms with van der Waals surface area (Å²) in [6.07, 6.45) is 1.11. The van der Waals surface area contributed by atoms with Crippen LogP contribution in [-0.4, -0.2) is 6.54 Å². The molecule has 1 nitrogen and oxygen atoms in total. The van der Waals surface area contributed by atoms with Crippen molar-refractivity contribution in [1.82, 2.24) is 5.32 Å². The largest absolute Gasteiger partial charge is 0.306 e. The number of halogens is 2. The highest BCUT2D eigenvalue weighted by Gasteiger charge is 2.18. The molecule has 0 amide bonds. The first kappa shape index (κ1) is 15.0. The first-order chi connectivity index (χ1) is 9.13. The van der Waals surface area contributed by atoms with E-state index < -0.39 is 0 Å². The minimum absolute atomic E-state index is 0.218. The molecule has 1 aromatic carbocycles. The average Bonchev–Trinajstić information content (AvgIpc) is 2.72. The molecule has 0 radical (unpaired) electrons. The van der Waals surface area contributed by atoms with Gasteiger partial charge in [0.25, 0.3) is 0 Å². The minimum Gasteiger partial charge on any atom is -0.306 e. The number of aryl methyl sites for hydroxylation is 1. The molecular formula is C15H17BrClNS. The van der Waals surface area contributed by atoms with Crippen molar-refractivity contribution in [2.45, 2.75) is 26.3 Å². The van der Waals surface area contributed by atoms with Gasteiger partial charge in [0.1, 0.15) is 4.34 Å². The summed E-state index contributed by atoms with van der Waals surface area (Å²) in [6, 6.07) is 10.8. The first-order valence-electron chi connectivity index (χ1n) is 6.37. The van der Waals surface area contributed by atoms with E-state index in [-0.39, 0.29) is 6.04 Å². The molecule has 2 aromatic rings. The maximum absolute atomic E-state index is 6.18. The van der Waals surface area contributed by atoms with Gasteiger partial charge in [0.05, 0.1) is 6.04 Å². The Morgan fingerprint density at radius 3 is 2.68 bits per heavy atom. The van der Waals surface area contributed by atoms with E-state index in [2.05, 4.69) is 65.4 Å². The second kappa shape index (κ2) is 6.89. The van der Waals surface area contributed by atoms with Crippen LogP contribution in [0.5, 0.6) is 0 Å². The lowest BCUT2D eigenvalue weighted by atomic mass is 10.00. The average molecular weight is 359 g/mol. The Bertz CT molecular complexity index is 533. The summed E-state index contributed by atoms with van der Waals surface area (Å²) >= 11 is 11.3. The van der Waals surface area contributed by atoms with Crippen molar-refractivity contribution in [2.24, 2.45) is 0 Å². The molecule has 0 aliphatic carbocycles. The van der Waals surface area contributed by atoms with Gasteiger partial charge in [0.2, 0.25) is 0 Å². The third-order valence-corrected chi connectivity index (χ3v) is 5.59. The molecule has 1 heterocycles. The van der Waals surface area contributed by atoms with Gasteiger partial charge in [-0.15, -0.1) is 11.3 Å². The second-order valence-electron chi connectivity index (χ2n) is 4.51. The molecule has 0 fully saturated rings. The molecular weight excluding hydrogens is 342 g/mol. The summed E-state index contributed by atoms with van der Waals surface area (Å²) in [7, 11) is 0. The third-order valence-electron chi connectivity index (χ3n) is 3.05. The van der Waals surface area contributed by atoms with Crippen molar-refractivity contribution in [2.75, 3.05) is 6.54 Å². The number of thiophene rings is 1. The SMILES string of the molecule is CCCNC(c1cc(Br)c(Cl)s1)c1ccccc1C. The summed E-state index contributed by atoms with van der Waals surface area (Å²) in [4.78, 5) is 1.25. The van der Waals surface area contributed by atoms with E-state index in [9.17, 15) is 0 Å². The van der Waals surface area contributed by atoms with Gasteiger partial charge in [-0.1, -0.05) is 42.8 Å². The standard InChI is InChI=1S/C15H17BrClNS/c1-3-8-18-14(11-7-5-4-6-10(11)2)13-9-12(16)15(17)19-13/h4-7,9,14,18H,3,8H2,1-2H3. The number of hydrogen-bond acceptors (Lipinski definition) is 2. The Balaban J connectivity index is 2.38. The van der Waals surface area contributed by atoms with Crippen LogP contribution >= 0.6 is 38.9 Å². The molecule has 1 N–H and O–H groups in total. The highest BCUT2D eigenvalue weighted by Crippen LogP contribution is 2.38. The molecule has 4 heteroatoms. The summed E-state index contributed by atoms with van der Waals surface area (Å²) < 4.78 is 1.79. The van der Waals surface area contributed by atoms with Crippen LogP contribution in [0.2, 0.25) is 4.34 Å². The van der Waals surface area contributed by atoms with Gasteiger partial charge in [-0.05, 0) is 53.0 Å². The van der Waals surface area contributed by atoms with Crippen molar-refractivity contribution in [3.8, 4) is 0 Å². The van der Waals surface area contributed by atoms with Crippen LogP contribution in [0.25, 0.3) is 0 Å². The van der Waals surface area contributed by atoms with Gasteiger partial charge >= 0.3 is 0 Å². The smallest absolute Gasteiger partial charge is 0.107 e. The van der Waals surface area contributed by atoms with Crippen molar-refractivity contribution >= 4 is 38.9 Å². The fraction of sp³-hybridized carbons (Fsp3) is 0.333.